The largest absolute Gasteiger partial charge is 0.353 e. The summed E-state index contributed by atoms with van der Waals surface area (Å²) in [4.78, 5) is 2.28. The Morgan fingerprint density at radius 2 is 1.96 bits per heavy atom. The van der Waals surface area contributed by atoms with Crippen molar-refractivity contribution in [1.29, 1.82) is 0 Å². The van der Waals surface area contributed by atoms with Crippen LogP contribution >= 0.6 is 12.2 Å². The zero-order chi connectivity index (χ0) is 16.2. The monoisotopic (exact) mass is 331 g/mol. The van der Waals surface area contributed by atoms with E-state index in [9.17, 15) is 4.39 Å². The van der Waals surface area contributed by atoms with Crippen LogP contribution in [0.1, 0.15) is 37.4 Å². The molecule has 0 saturated carbocycles. The van der Waals surface area contributed by atoms with Gasteiger partial charge >= 0.3 is 0 Å². The van der Waals surface area contributed by atoms with Crippen LogP contribution in [0.2, 0.25) is 0 Å². The predicted octanol–water partition coefficient (Wildman–Crippen LogP) is 4.48. The first-order chi connectivity index (χ1) is 11.1. The number of benzene rings is 1. The molecule has 1 aliphatic rings. The number of nitrogens with zero attached hydrogens (tertiary/aromatic N) is 2. The fraction of sp³-hybridized carbons (Fsp3) is 0.389. The molecule has 1 saturated heterocycles. The quantitative estimate of drug-likeness (QED) is 0.820. The van der Waals surface area contributed by atoms with E-state index in [-0.39, 0.29) is 11.9 Å². The van der Waals surface area contributed by atoms with Gasteiger partial charge in [-0.05, 0) is 61.5 Å². The Labute approximate surface area is 142 Å². The van der Waals surface area contributed by atoms with Crippen molar-refractivity contribution in [2.24, 2.45) is 7.05 Å². The Morgan fingerprint density at radius 1 is 1.17 bits per heavy atom. The minimum Gasteiger partial charge on any atom is -0.353 e. The number of thiocarbonyl (C=S) groups is 1. The maximum atomic E-state index is 13.1. The fourth-order valence-electron chi connectivity index (χ4n) is 3.21. The van der Waals surface area contributed by atoms with Crippen LogP contribution in [0.3, 0.4) is 0 Å². The topological polar surface area (TPSA) is 20.2 Å². The van der Waals surface area contributed by atoms with Gasteiger partial charge in [-0.2, -0.15) is 0 Å². The molecule has 0 radical (unpaired) electrons. The third kappa shape index (κ3) is 3.72. The van der Waals surface area contributed by atoms with Crippen molar-refractivity contribution in [2.45, 2.75) is 31.7 Å². The van der Waals surface area contributed by atoms with Crippen LogP contribution in [0.15, 0.2) is 42.6 Å². The number of rotatable bonds is 2. The summed E-state index contributed by atoms with van der Waals surface area (Å²) in [5, 5.41) is 3.97. The van der Waals surface area contributed by atoms with E-state index in [1.54, 1.807) is 12.1 Å². The van der Waals surface area contributed by atoms with E-state index in [4.69, 9.17) is 12.2 Å². The van der Waals surface area contributed by atoms with Gasteiger partial charge in [0.2, 0.25) is 0 Å². The molecule has 122 valence electrons. The van der Waals surface area contributed by atoms with E-state index >= 15 is 0 Å². The molecular weight excluding hydrogens is 309 g/mol. The van der Waals surface area contributed by atoms with Gasteiger partial charge in [-0.3, -0.25) is 0 Å². The lowest BCUT2D eigenvalue weighted by molar-refractivity contribution is 0.315. The number of aryl methyl sites for hydroxylation is 1. The van der Waals surface area contributed by atoms with E-state index in [0.717, 1.165) is 25.1 Å². The average Bonchev–Trinajstić information content (AvgIpc) is 2.82. The van der Waals surface area contributed by atoms with Gasteiger partial charge in [0.15, 0.2) is 5.11 Å². The molecule has 1 aliphatic heterocycles. The van der Waals surface area contributed by atoms with Gasteiger partial charge in [0.1, 0.15) is 5.82 Å². The van der Waals surface area contributed by atoms with Gasteiger partial charge in [0, 0.05) is 31.2 Å². The molecule has 0 amide bonds. The second-order valence-electron chi connectivity index (χ2n) is 6.04. The number of hydrogen-bond acceptors (Lipinski definition) is 1. The van der Waals surface area contributed by atoms with Crippen LogP contribution in [0.4, 0.5) is 10.1 Å². The van der Waals surface area contributed by atoms with E-state index < -0.39 is 0 Å². The molecule has 23 heavy (non-hydrogen) atoms. The normalized spacial score (nSPS) is 18.5. The van der Waals surface area contributed by atoms with Crippen LogP contribution < -0.4 is 5.32 Å². The smallest absolute Gasteiger partial charge is 0.173 e. The molecule has 3 nitrogen and oxygen atoms in total. The zero-order valence-electron chi connectivity index (χ0n) is 13.3. The third-order valence-electron chi connectivity index (χ3n) is 4.43. The highest BCUT2D eigenvalue weighted by atomic mass is 32.1. The first-order valence-corrected chi connectivity index (χ1v) is 8.50. The van der Waals surface area contributed by atoms with Crippen LogP contribution in [0, 0.1) is 5.82 Å². The lowest BCUT2D eigenvalue weighted by Gasteiger charge is -2.33. The van der Waals surface area contributed by atoms with Gasteiger partial charge in [-0.15, -0.1) is 0 Å². The first kappa shape index (κ1) is 16.0. The molecule has 1 fully saturated rings. The summed E-state index contributed by atoms with van der Waals surface area (Å²) in [7, 11) is 2.08. The van der Waals surface area contributed by atoms with Crippen molar-refractivity contribution in [3.05, 3.63) is 54.1 Å². The molecule has 0 unspecified atom stereocenters. The summed E-state index contributed by atoms with van der Waals surface area (Å²) >= 11 is 5.66. The number of aromatic nitrogens is 1. The maximum Gasteiger partial charge on any atom is 0.173 e. The number of halogens is 1. The second-order valence-corrected chi connectivity index (χ2v) is 6.43. The Bertz CT molecular complexity index is 665. The molecule has 5 heteroatoms. The SMILES string of the molecule is Cn1cccc1[C@H]1CCCCCN1C(=S)Nc1ccc(F)cc1. The standard InChI is InChI=1S/C18H22FN3S/c1-21-12-5-7-16(21)17-6-3-2-4-13-22(17)18(23)20-15-10-8-14(19)9-11-15/h5,7-12,17H,2-4,6,13H2,1H3,(H,20,23)/t17-/m1/s1. The molecule has 0 spiro atoms. The second kappa shape index (κ2) is 7.13. The number of hydrogen-bond donors (Lipinski definition) is 1. The summed E-state index contributed by atoms with van der Waals surface area (Å²) in [6.45, 7) is 0.947. The molecule has 0 aliphatic carbocycles. The molecule has 0 bridgehead atoms. The highest BCUT2D eigenvalue weighted by Gasteiger charge is 2.26. The molecular formula is C18H22FN3S. The Morgan fingerprint density at radius 3 is 2.65 bits per heavy atom. The van der Waals surface area contributed by atoms with Crippen LogP contribution in [-0.4, -0.2) is 21.1 Å². The van der Waals surface area contributed by atoms with Crippen molar-refractivity contribution >= 4 is 23.0 Å². The molecule has 1 atom stereocenters. The maximum absolute atomic E-state index is 13.1. The minimum atomic E-state index is -0.238. The summed E-state index contributed by atoms with van der Waals surface area (Å²) in [5.74, 6) is -0.238. The number of nitrogens with one attached hydrogen (secondary N) is 1. The van der Waals surface area contributed by atoms with E-state index in [1.807, 2.05) is 0 Å². The van der Waals surface area contributed by atoms with Gasteiger partial charge in [-0.1, -0.05) is 12.8 Å². The van der Waals surface area contributed by atoms with E-state index in [1.165, 1.54) is 30.7 Å². The summed E-state index contributed by atoms with van der Waals surface area (Å²) < 4.78 is 15.2. The molecule has 1 aromatic heterocycles. The number of likely N-dealkylation sites (tertiary alicyclic amines) is 1. The number of anilines is 1. The van der Waals surface area contributed by atoms with E-state index in [0.29, 0.717) is 5.11 Å². The molecule has 2 aromatic rings. The fourth-order valence-corrected chi connectivity index (χ4v) is 3.54. The molecule has 1 N–H and O–H groups in total. The van der Waals surface area contributed by atoms with Gasteiger partial charge < -0.3 is 14.8 Å². The minimum absolute atomic E-state index is 0.238. The third-order valence-corrected chi connectivity index (χ3v) is 4.77. The highest BCUT2D eigenvalue weighted by Crippen LogP contribution is 2.30. The van der Waals surface area contributed by atoms with Gasteiger partial charge in [0.25, 0.3) is 0 Å². The van der Waals surface area contributed by atoms with Gasteiger partial charge in [-0.25, -0.2) is 4.39 Å². The Kier molecular flexibility index (Phi) is 4.96. The van der Waals surface area contributed by atoms with Crippen LogP contribution in [0.5, 0.6) is 0 Å². The Hall–Kier alpha value is -1.88. The van der Waals surface area contributed by atoms with Crippen molar-refractivity contribution in [3.8, 4) is 0 Å². The van der Waals surface area contributed by atoms with Crippen LogP contribution in [-0.2, 0) is 7.05 Å². The first-order valence-electron chi connectivity index (χ1n) is 8.09. The summed E-state index contributed by atoms with van der Waals surface area (Å²) in [6.07, 6.45) is 6.77. The Balaban J connectivity index is 1.80. The zero-order valence-corrected chi connectivity index (χ0v) is 14.2. The summed E-state index contributed by atoms with van der Waals surface area (Å²) in [6, 6.07) is 10.9. The van der Waals surface area contributed by atoms with Crippen molar-refractivity contribution in [1.82, 2.24) is 9.47 Å². The summed E-state index contributed by atoms with van der Waals surface area (Å²) in [5.41, 5.74) is 2.11. The average molecular weight is 331 g/mol. The lowest BCUT2D eigenvalue weighted by atomic mass is 10.1. The van der Waals surface area contributed by atoms with Crippen molar-refractivity contribution < 1.29 is 4.39 Å². The highest BCUT2D eigenvalue weighted by molar-refractivity contribution is 7.80. The molecule has 3 rings (SSSR count). The van der Waals surface area contributed by atoms with Gasteiger partial charge in [0.05, 0.1) is 6.04 Å². The van der Waals surface area contributed by atoms with Crippen LogP contribution in [0.25, 0.3) is 0 Å². The molecule has 2 heterocycles. The predicted molar refractivity (Wildman–Crippen MR) is 95.9 cm³/mol. The van der Waals surface area contributed by atoms with Crippen molar-refractivity contribution in [3.63, 3.8) is 0 Å². The van der Waals surface area contributed by atoms with E-state index in [2.05, 4.69) is 40.2 Å². The molecule has 1 aromatic carbocycles. The lowest BCUT2D eigenvalue weighted by Crippen LogP contribution is -2.38. The van der Waals surface area contributed by atoms with Crippen molar-refractivity contribution in [2.75, 3.05) is 11.9 Å².